The molecule has 13 heavy (non-hydrogen) atoms. The fraction of sp³-hybridized carbons (Fsp3) is 0.167. The zero-order chi connectivity index (χ0) is 10.2. The Kier molecular flexibility index (Phi) is 2.31. The standard InChI is InChI=1S/C6H8N2O3S2/c1-13(10,11)4-2-3(5(7)9)6(8)12-4/h2H,8H2,1H3,(H2,7,9). The Bertz CT molecular complexity index is 446. The van der Waals surface area contributed by atoms with Crippen LogP contribution in [0.5, 0.6) is 0 Å². The fourth-order valence-electron chi connectivity index (χ4n) is 0.757. The van der Waals surface area contributed by atoms with Crippen molar-refractivity contribution in [2.45, 2.75) is 4.21 Å². The predicted octanol–water partition coefficient (Wildman–Crippen LogP) is -0.167. The molecule has 5 nitrogen and oxygen atoms in total. The van der Waals surface area contributed by atoms with Crippen LogP contribution in [0.4, 0.5) is 5.00 Å². The van der Waals surface area contributed by atoms with Crippen LogP contribution in [0.3, 0.4) is 0 Å². The summed E-state index contributed by atoms with van der Waals surface area (Å²) in [5.41, 5.74) is 10.4. The van der Waals surface area contributed by atoms with Gasteiger partial charge >= 0.3 is 0 Å². The number of sulfone groups is 1. The van der Waals surface area contributed by atoms with E-state index in [1.165, 1.54) is 6.07 Å². The lowest BCUT2D eigenvalue weighted by Gasteiger charge is -1.88. The summed E-state index contributed by atoms with van der Waals surface area (Å²) in [5.74, 6) is -0.719. The smallest absolute Gasteiger partial charge is 0.251 e. The van der Waals surface area contributed by atoms with Crippen molar-refractivity contribution in [3.8, 4) is 0 Å². The Balaban J connectivity index is 3.33. The molecule has 0 spiro atoms. The second-order valence-electron chi connectivity index (χ2n) is 2.48. The van der Waals surface area contributed by atoms with Gasteiger partial charge in [-0.3, -0.25) is 4.79 Å². The molecule has 1 rings (SSSR count). The highest BCUT2D eigenvalue weighted by molar-refractivity contribution is 7.92. The number of carbonyl (C=O) groups excluding carboxylic acids is 1. The highest BCUT2D eigenvalue weighted by Crippen LogP contribution is 2.27. The van der Waals surface area contributed by atoms with E-state index in [2.05, 4.69) is 0 Å². The first-order valence-electron chi connectivity index (χ1n) is 3.21. The maximum Gasteiger partial charge on any atom is 0.251 e. The van der Waals surface area contributed by atoms with Crippen LogP contribution < -0.4 is 11.5 Å². The van der Waals surface area contributed by atoms with Crippen LogP contribution in [0.1, 0.15) is 10.4 Å². The molecule has 72 valence electrons. The summed E-state index contributed by atoms with van der Waals surface area (Å²) >= 11 is 0.839. The van der Waals surface area contributed by atoms with Crippen molar-refractivity contribution in [3.63, 3.8) is 0 Å². The van der Waals surface area contributed by atoms with E-state index in [1.807, 2.05) is 0 Å². The summed E-state index contributed by atoms with van der Waals surface area (Å²) in [5, 5.41) is 0.132. The second-order valence-corrected chi connectivity index (χ2v) is 5.81. The quantitative estimate of drug-likeness (QED) is 0.722. The number of nitrogens with two attached hydrogens (primary N) is 2. The first-order chi connectivity index (χ1) is 5.82. The third-order valence-corrected chi connectivity index (χ3v) is 4.13. The number of rotatable bonds is 2. The Morgan fingerprint density at radius 2 is 2.08 bits per heavy atom. The molecule has 1 heterocycles. The maximum atomic E-state index is 11.0. The highest BCUT2D eigenvalue weighted by Gasteiger charge is 2.16. The molecule has 4 N–H and O–H groups in total. The monoisotopic (exact) mass is 220 g/mol. The molecule has 0 aromatic carbocycles. The normalized spacial score (nSPS) is 11.5. The molecule has 0 aliphatic rings. The minimum absolute atomic E-state index is 0.0544. The number of carbonyl (C=O) groups is 1. The molecule has 0 saturated carbocycles. The average Bonchev–Trinajstić information content (AvgIpc) is 2.29. The van der Waals surface area contributed by atoms with Crippen molar-refractivity contribution in [2.75, 3.05) is 12.0 Å². The van der Waals surface area contributed by atoms with Crippen LogP contribution in [-0.2, 0) is 9.84 Å². The van der Waals surface area contributed by atoms with Crippen LogP contribution in [0.15, 0.2) is 10.3 Å². The lowest BCUT2D eigenvalue weighted by molar-refractivity contribution is 0.100. The van der Waals surface area contributed by atoms with Gasteiger partial charge in [0.25, 0.3) is 5.91 Å². The molecule has 0 bridgehead atoms. The van der Waals surface area contributed by atoms with Gasteiger partial charge in [-0.2, -0.15) is 0 Å². The lowest BCUT2D eigenvalue weighted by atomic mass is 10.3. The summed E-state index contributed by atoms with van der Waals surface area (Å²) in [6, 6.07) is 1.19. The minimum atomic E-state index is -3.31. The molecule has 0 saturated heterocycles. The SMILES string of the molecule is CS(=O)(=O)c1cc(C(N)=O)c(N)s1. The fourth-order valence-corrected chi connectivity index (χ4v) is 2.63. The third-order valence-electron chi connectivity index (χ3n) is 1.37. The Hall–Kier alpha value is -1.08. The zero-order valence-electron chi connectivity index (χ0n) is 6.77. The molecule has 0 aliphatic heterocycles. The molecule has 0 atom stereocenters. The van der Waals surface area contributed by atoms with E-state index in [4.69, 9.17) is 11.5 Å². The van der Waals surface area contributed by atoms with E-state index in [9.17, 15) is 13.2 Å². The topological polar surface area (TPSA) is 103 Å². The van der Waals surface area contributed by atoms with Gasteiger partial charge in [-0.05, 0) is 6.07 Å². The van der Waals surface area contributed by atoms with Crippen molar-refractivity contribution in [3.05, 3.63) is 11.6 Å². The van der Waals surface area contributed by atoms with Crippen LogP contribution >= 0.6 is 11.3 Å². The van der Waals surface area contributed by atoms with Gasteiger partial charge in [0.05, 0.1) is 10.6 Å². The number of hydrogen-bond donors (Lipinski definition) is 2. The number of hydrogen-bond acceptors (Lipinski definition) is 5. The molecule has 0 radical (unpaired) electrons. The molecule has 1 aromatic rings. The Morgan fingerprint density at radius 1 is 1.54 bits per heavy atom. The summed E-state index contributed by atoms with van der Waals surface area (Å²) < 4.78 is 22.1. The van der Waals surface area contributed by atoms with Gasteiger partial charge in [0.15, 0.2) is 9.84 Å². The van der Waals surface area contributed by atoms with E-state index in [0.717, 1.165) is 17.6 Å². The largest absolute Gasteiger partial charge is 0.390 e. The van der Waals surface area contributed by atoms with Crippen molar-refractivity contribution in [1.29, 1.82) is 0 Å². The minimum Gasteiger partial charge on any atom is -0.390 e. The predicted molar refractivity (Wildman–Crippen MR) is 50.4 cm³/mol. The van der Waals surface area contributed by atoms with Gasteiger partial charge in [-0.25, -0.2) is 8.42 Å². The molecule has 0 fully saturated rings. The van der Waals surface area contributed by atoms with E-state index in [0.29, 0.717) is 0 Å². The zero-order valence-corrected chi connectivity index (χ0v) is 8.41. The molecule has 7 heteroatoms. The molecule has 1 aromatic heterocycles. The van der Waals surface area contributed by atoms with E-state index in [1.54, 1.807) is 0 Å². The molecule has 0 aliphatic carbocycles. The first-order valence-corrected chi connectivity index (χ1v) is 5.92. The molecule has 1 amide bonds. The Labute approximate surface area is 79.3 Å². The third kappa shape index (κ3) is 1.99. The molecular formula is C6H8N2O3S2. The number of amides is 1. The Morgan fingerprint density at radius 3 is 2.31 bits per heavy atom. The molecular weight excluding hydrogens is 212 g/mol. The van der Waals surface area contributed by atoms with Gasteiger partial charge in [0, 0.05) is 6.26 Å². The van der Waals surface area contributed by atoms with Crippen LogP contribution in [0.25, 0.3) is 0 Å². The van der Waals surface area contributed by atoms with Crippen molar-refractivity contribution >= 4 is 32.1 Å². The lowest BCUT2D eigenvalue weighted by Crippen LogP contribution is -2.11. The van der Waals surface area contributed by atoms with Crippen LogP contribution in [0, 0.1) is 0 Å². The number of thiophene rings is 1. The number of nitrogen functional groups attached to an aromatic ring is 1. The highest BCUT2D eigenvalue weighted by atomic mass is 32.2. The van der Waals surface area contributed by atoms with Crippen molar-refractivity contribution in [2.24, 2.45) is 5.73 Å². The van der Waals surface area contributed by atoms with E-state index in [-0.39, 0.29) is 14.8 Å². The molecule has 0 unspecified atom stereocenters. The van der Waals surface area contributed by atoms with Gasteiger partial charge in [-0.1, -0.05) is 0 Å². The van der Waals surface area contributed by atoms with Gasteiger partial charge in [0.2, 0.25) is 0 Å². The summed E-state index contributed by atoms with van der Waals surface area (Å²) in [6.07, 6.45) is 1.04. The first kappa shape index (κ1) is 10.0. The van der Waals surface area contributed by atoms with Gasteiger partial charge in [-0.15, -0.1) is 11.3 Å². The second kappa shape index (κ2) is 3.00. The van der Waals surface area contributed by atoms with E-state index < -0.39 is 15.7 Å². The van der Waals surface area contributed by atoms with E-state index >= 15 is 0 Å². The van der Waals surface area contributed by atoms with Crippen LogP contribution in [0.2, 0.25) is 0 Å². The van der Waals surface area contributed by atoms with Gasteiger partial charge in [0.1, 0.15) is 4.21 Å². The number of primary amides is 1. The summed E-state index contributed by atoms with van der Waals surface area (Å²) in [6.45, 7) is 0. The van der Waals surface area contributed by atoms with Gasteiger partial charge < -0.3 is 11.5 Å². The van der Waals surface area contributed by atoms with Crippen molar-refractivity contribution in [1.82, 2.24) is 0 Å². The summed E-state index contributed by atoms with van der Waals surface area (Å²) in [4.78, 5) is 10.7. The maximum absolute atomic E-state index is 11.0. The summed E-state index contributed by atoms with van der Waals surface area (Å²) in [7, 11) is -3.31. The van der Waals surface area contributed by atoms with Crippen LogP contribution in [-0.4, -0.2) is 20.6 Å². The van der Waals surface area contributed by atoms with Crippen molar-refractivity contribution < 1.29 is 13.2 Å². The number of anilines is 1. The average molecular weight is 220 g/mol.